The van der Waals surface area contributed by atoms with Crippen molar-refractivity contribution in [2.24, 2.45) is 0 Å². The molecule has 7 nitrogen and oxygen atoms in total. The first-order valence-corrected chi connectivity index (χ1v) is 11.4. The standard InChI is InChI=1S/C26H22F3N3O4/c27-26(28,29)23-15-20(11-12-30-23)34-19-9-7-17(8-10-19)16-31-25(33)21-5-3-13-32(21)36-24-14-18-4-1-2-6-22(18)35-24/h1-2,4,6-12,14-15,21H,3,5,13,16H2,(H,31,33). The number of furan rings is 1. The van der Waals surface area contributed by atoms with E-state index in [4.69, 9.17) is 14.0 Å². The van der Waals surface area contributed by atoms with Crippen LogP contribution in [0.15, 0.2) is 77.3 Å². The molecule has 0 spiro atoms. The Labute approximate surface area is 204 Å². The third kappa shape index (κ3) is 5.44. The average Bonchev–Trinajstić information content (AvgIpc) is 3.50. The van der Waals surface area contributed by atoms with Gasteiger partial charge in [0, 0.05) is 36.8 Å². The summed E-state index contributed by atoms with van der Waals surface area (Å²) in [5, 5.41) is 5.47. The molecule has 1 fully saturated rings. The fourth-order valence-electron chi connectivity index (χ4n) is 3.98. The van der Waals surface area contributed by atoms with Crippen molar-refractivity contribution < 1.29 is 32.0 Å². The predicted molar refractivity (Wildman–Crippen MR) is 124 cm³/mol. The number of hydrogen-bond acceptors (Lipinski definition) is 6. The van der Waals surface area contributed by atoms with Crippen LogP contribution in [0, 0.1) is 0 Å². The van der Waals surface area contributed by atoms with Gasteiger partial charge in [-0.1, -0.05) is 30.3 Å². The summed E-state index contributed by atoms with van der Waals surface area (Å²) in [7, 11) is 0. The molecule has 3 heterocycles. The van der Waals surface area contributed by atoms with Gasteiger partial charge in [-0.2, -0.15) is 13.2 Å². The lowest BCUT2D eigenvalue weighted by Crippen LogP contribution is -2.44. The van der Waals surface area contributed by atoms with E-state index in [0.717, 1.165) is 29.6 Å². The summed E-state index contributed by atoms with van der Waals surface area (Å²) in [5.41, 5.74) is 0.499. The first-order valence-electron chi connectivity index (χ1n) is 11.4. The van der Waals surface area contributed by atoms with Crippen molar-refractivity contribution in [1.29, 1.82) is 0 Å². The Hall–Kier alpha value is -4.05. The van der Waals surface area contributed by atoms with Crippen molar-refractivity contribution >= 4 is 16.9 Å². The van der Waals surface area contributed by atoms with Crippen molar-refractivity contribution in [2.45, 2.75) is 31.6 Å². The number of benzene rings is 2. The van der Waals surface area contributed by atoms with Gasteiger partial charge in [-0.15, -0.1) is 5.06 Å². The number of para-hydroxylation sites is 1. The van der Waals surface area contributed by atoms with Gasteiger partial charge in [0.1, 0.15) is 28.8 Å². The lowest BCUT2D eigenvalue weighted by Gasteiger charge is -2.22. The van der Waals surface area contributed by atoms with Crippen molar-refractivity contribution in [3.8, 4) is 17.4 Å². The van der Waals surface area contributed by atoms with Crippen LogP contribution in [0.3, 0.4) is 0 Å². The maximum atomic E-state index is 12.8. The minimum Gasteiger partial charge on any atom is -0.457 e. The van der Waals surface area contributed by atoms with Crippen molar-refractivity contribution in [3.05, 3.63) is 84.2 Å². The average molecular weight is 497 g/mol. The Morgan fingerprint density at radius 1 is 1.08 bits per heavy atom. The molecule has 0 bridgehead atoms. The van der Waals surface area contributed by atoms with E-state index in [9.17, 15) is 18.0 Å². The lowest BCUT2D eigenvalue weighted by molar-refractivity contribution is -0.142. The molecular formula is C26H22F3N3O4. The molecule has 1 unspecified atom stereocenters. The molecule has 1 amide bonds. The summed E-state index contributed by atoms with van der Waals surface area (Å²) in [5.74, 6) is 0.568. The summed E-state index contributed by atoms with van der Waals surface area (Å²) in [6, 6.07) is 17.8. The second-order valence-electron chi connectivity index (χ2n) is 8.33. The summed E-state index contributed by atoms with van der Waals surface area (Å²) in [4.78, 5) is 22.0. The molecule has 1 N–H and O–H groups in total. The number of alkyl halides is 3. The van der Waals surface area contributed by atoms with Crippen LogP contribution in [-0.2, 0) is 17.5 Å². The fourth-order valence-corrected chi connectivity index (χ4v) is 3.98. The van der Waals surface area contributed by atoms with Crippen LogP contribution in [0.2, 0.25) is 0 Å². The monoisotopic (exact) mass is 497 g/mol. The number of aromatic nitrogens is 1. The van der Waals surface area contributed by atoms with Crippen molar-refractivity contribution in [3.63, 3.8) is 0 Å². The first kappa shape index (κ1) is 23.7. The van der Waals surface area contributed by atoms with Gasteiger partial charge in [0.05, 0.1) is 0 Å². The van der Waals surface area contributed by atoms with E-state index in [1.807, 2.05) is 24.3 Å². The second-order valence-corrected chi connectivity index (χ2v) is 8.33. The first-order chi connectivity index (χ1) is 17.3. The van der Waals surface area contributed by atoms with E-state index in [0.29, 0.717) is 30.2 Å². The molecule has 1 aliphatic heterocycles. The summed E-state index contributed by atoms with van der Waals surface area (Å²) >= 11 is 0. The largest absolute Gasteiger partial charge is 0.457 e. The van der Waals surface area contributed by atoms with Crippen LogP contribution in [0.25, 0.3) is 11.0 Å². The quantitative estimate of drug-likeness (QED) is 0.352. The smallest absolute Gasteiger partial charge is 0.433 e. The number of rotatable bonds is 7. The van der Waals surface area contributed by atoms with Crippen molar-refractivity contribution in [1.82, 2.24) is 15.4 Å². The van der Waals surface area contributed by atoms with E-state index < -0.39 is 17.9 Å². The number of nitrogens with zero attached hydrogens (tertiary/aromatic N) is 2. The number of ether oxygens (including phenoxy) is 1. The number of carbonyl (C=O) groups excluding carboxylic acids is 1. The van der Waals surface area contributed by atoms with Gasteiger partial charge < -0.3 is 19.3 Å². The van der Waals surface area contributed by atoms with Gasteiger partial charge in [0.15, 0.2) is 0 Å². The number of halogens is 3. The minimum atomic E-state index is -4.55. The second kappa shape index (κ2) is 9.90. The summed E-state index contributed by atoms with van der Waals surface area (Å²) < 4.78 is 49.7. The molecule has 0 radical (unpaired) electrons. The molecule has 2 aromatic heterocycles. The van der Waals surface area contributed by atoms with Gasteiger partial charge in [0.2, 0.25) is 5.91 Å². The molecule has 36 heavy (non-hydrogen) atoms. The Morgan fingerprint density at radius 2 is 1.89 bits per heavy atom. The topological polar surface area (TPSA) is 76.8 Å². The fraction of sp³-hybridized carbons (Fsp3) is 0.231. The van der Waals surface area contributed by atoms with Gasteiger partial charge >= 0.3 is 12.1 Å². The Kier molecular flexibility index (Phi) is 6.51. The summed E-state index contributed by atoms with van der Waals surface area (Å²) in [6.07, 6.45) is -2.03. The highest BCUT2D eigenvalue weighted by Crippen LogP contribution is 2.31. The molecule has 5 rings (SSSR count). The SMILES string of the molecule is O=C(NCc1ccc(Oc2ccnc(C(F)(F)F)c2)cc1)C1CCCN1Oc1cc2ccccc2o1. The molecule has 2 aromatic carbocycles. The van der Waals surface area contributed by atoms with E-state index in [1.165, 1.54) is 6.07 Å². The molecule has 186 valence electrons. The van der Waals surface area contributed by atoms with Crippen LogP contribution in [0.1, 0.15) is 24.1 Å². The number of carbonyl (C=O) groups is 1. The molecule has 10 heteroatoms. The predicted octanol–water partition coefficient (Wildman–Crippen LogP) is 5.71. The number of hydroxylamine groups is 2. The number of amides is 1. The lowest BCUT2D eigenvalue weighted by atomic mass is 10.2. The Balaban J connectivity index is 1.15. The maximum Gasteiger partial charge on any atom is 0.433 e. The molecule has 0 saturated carbocycles. The zero-order valence-corrected chi connectivity index (χ0v) is 19.0. The van der Waals surface area contributed by atoms with Gasteiger partial charge in [0.25, 0.3) is 0 Å². The highest BCUT2D eigenvalue weighted by Gasteiger charge is 2.34. The Morgan fingerprint density at radius 3 is 2.67 bits per heavy atom. The molecule has 1 saturated heterocycles. The van der Waals surface area contributed by atoms with E-state index >= 15 is 0 Å². The van der Waals surface area contributed by atoms with Gasteiger partial charge in [-0.3, -0.25) is 9.78 Å². The molecule has 0 aliphatic carbocycles. The molecular weight excluding hydrogens is 475 g/mol. The van der Waals surface area contributed by atoms with E-state index in [2.05, 4.69) is 10.3 Å². The third-order valence-corrected chi connectivity index (χ3v) is 5.76. The van der Waals surface area contributed by atoms with Gasteiger partial charge in [-0.05, 0) is 42.7 Å². The number of nitrogens with one attached hydrogen (secondary N) is 1. The van der Waals surface area contributed by atoms with E-state index in [-0.39, 0.29) is 18.2 Å². The maximum absolute atomic E-state index is 12.8. The normalized spacial score (nSPS) is 16.2. The van der Waals surface area contributed by atoms with E-state index in [1.54, 1.807) is 35.4 Å². The number of pyridine rings is 1. The minimum absolute atomic E-state index is 0.0316. The van der Waals surface area contributed by atoms with Crippen LogP contribution < -0.4 is 14.9 Å². The number of fused-ring (bicyclic) bond motifs is 1. The van der Waals surface area contributed by atoms with Crippen LogP contribution >= 0.6 is 0 Å². The zero-order chi connectivity index (χ0) is 25.1. The van der Waals surface area contributed by atoms with Crippen LogP contribution in [-0.4, -0.2) is 28.5 Å². The summed E-state index contributed by atoms with van der Waals surface area (Å²) in [6.45, 7) is 0.883. The molecule has 1 aliphatic rings. The molecule has 1 atom stereocenters. The van der Waals surface area contributed by atoms with Crippen LogP contribution in [0.4, 0.5) is 13.2 Å². The van der Waals surface area contributed by atoms with Crippen molar-refractivity contribution in [2.75, 3.05) is 6.54 Å². The van der Waals surface area contributed by atoms with Gasteiger partial charge in [-0.25, -0.2) is 0 Å². The zero-order valence-electron chi connectivity index (χ0n) is 19.0. The Bertz CT molecular complexity index is 1320. The third-order valence-electron chi connectivity index (χ3n) is 5.76. The highest BCUT2D eigenvalue weighted by atomic mass is 19.4. The highest BCUT2D eigenvalue weighted by molar-refractivity contribution is 5.82. The number of hydrogen-bond donors (Lipinski definition) is 1. The molecule has 4 aromatic rings. The van der Waals surface area contributed by atoms with Crippen LogP contribution in [0.5, 0.6) is 17.4 Å².